The maximum Gasteiger partial charge on any atom is 0.407 e. The molecule has 0 aliphatic carbocycles. The lowest BCUT2D eigenvalue weighted by Gasteiger charge is -2.28. The van der Waals surface area contributed by atoms with Crippen molar-refractivity contribution in [2.75, 3.05) is 6.61 Å². The first-order valence-corrected chi connectivity index (χ1v) is 10.5. The lowest BCUT2D eigenvalue weighted by atomic mass is 9.95. The van der Waals surface area contributed by atoms with E-state index >= 15 is 0 Å². The van der Waals surface area contributed by atoms with E-state index < -0.39 is 23.4 Å². The van der Waals surface area contributed by atoms with Crippen molar-refractivity contribution in [3.63, 3.8) is 0 Å². The second kappa shape index (κ2) is 8.73. The number of aromatic nitrogens is 1. The number of alkyl halides is 1. The molecule has 0 saturated heterocycles. The molecule has 1 amide bonds. The minimum atomic E-state index is -1.48. The zero-order chi connectivity index (χ0) is 22.8. The Kier molecular flexibility index (Phi) is 6.43. The summed E-state index contributed by atoms with van der Waals surface area (Å²) in [6, 6.07) is 6.97. The van der Waals surface area contributed by atoms with Crippen LogP contribution >= 0.6 is 0 Å². The second-order valence-electron chi connectivity index (χ2n) is 9.46. The van der Waals surface area contributed by atoms with Crippen molar-refractivity contribution in [2.24, 2.45) is 0 Å². The molecule has 0 saturated carbocycles. The van der Waals surface area contributed by atoms with E-state index in [1.54, 1.807) is 27.0 Å². The molecule has 2 aromatic rings. The predicted molar refractivity (Wildman–Crippen MR) is 117 cm³/mol. The van der Waals surface area contributed by atoms with Crippen molar-refractivity contribution in [2.45, 2.75) is 71.4 Å². The fourth-order valence-electron chi connectivity index (χ4n) is 3.56. The van der Waals surface area contributed by atoms with Gasteiger partial charge in [0.15, 0.2) is 0 Å². The molecule has 0 bridgehead atoms. The molecule has 1 aromatic heterocycles. The molecule has 1 aliphatic rings. The van der Waals surface area contributed by atoms with Crippen LogP contribution in [0.25, 0.3) is 11.1 Å². The second-order valence-corrected chi connectivity index (χ2v) is 9.46. The third-order valence-electron chi connectivity index (χ3n) is 4.74. The normalized spacial score (nSPS) is 16.4. The summed E-state index contributed by atoms with van der Waals surface area (Å²) in [5.41, 5.74) is 0.947. The van der Waals surface area contributed by atoms with Gasteiger partial charge in [0.1, 0.15) is 35.5 Å². The molecular weight excluding hydrogens is 399 g/mol. The minimum absolute atomic E-state index is 0.0871. The van der Waals surface area contributed by atoms with Gasteiger partial charge in [0.25, 0.3) is 0 Å². The number of alkyl carbamates (subject to hydrolysis) is 1. The van der Waals surface area contributed by atoms with Gasteiger partial charge < -0.3 is 19.5 Å². The maximum atomic E-state index is 14.3. The Morgan fingerprint density at radius 2 is 1.97 bits per heavy atom. The van der Waals surface area contributed by atoms with Crippen LogP contribution in [-0.2, 0) is 4.74 Å². The summed E-state index contributed by atoms with van der Waals surface area (Å²) in [5.74, 6) is 1.28. The minimum Gasteiger partial charge on any atom is -0.491 e. The van der Waals surface area contributed by atoms with Gasteiger partial charge in [0.05, 0.1) is 6.04 Å². The number of rotatable bonds is 6. The Morgan fingerprint density at radius 3 is 2.65 bits per heavy atom. The highest BCUT2D eigenvalue weighted by molar-refractivity contribution is 5.75. The van der Waals surface area contributed by atoms with E-state index in [0.29, 0.717) is 11.5 Å². The first-order valence-electron chi connectivity index (χ1n) is 10.5. The average molecular weight is 431 g/mol. The summed E-state index contributed by atoms with van der Waals surface area (Å²) >= 11 is 0. The summed E-state index contributed by atoms with van der Waals surface area (Å²) in [6.45, 7) is 10.3. The number of amides is 1. The number of hydrogen-bond acceptors (Lipinski definition) is 5. The molecule has 6 nitrogen and oxygen atoms in total. The molecular formula is C24H31FN2O4. The van der Waals surface area contributed by atoms with Crippen LogP contribution in [0, 0.1) is 0 Å². The van der Waals surface area contributed by atoms with E-state index in [-0.39, 0.29) is 19.1 Å². The van der Waals surface area contributed by atoms with Crippen LogP contribution in [0.2, 0.25) is 0 Å². The molecule has 168 valence electrons. The number of hydrogen-bond donors (Lipinski definition) is 1. The summed E-state index contributed by atoms with van der Waals surface area (Å²) in [4.78, 5) is 16.4. The van der Waals surface area contributed by atoms with Gasteiger partial charge in [0.2, 0.25) is 0 Å². The average Bonchev–Trinajstić information content (AvgIpc) is 2.63. The third kappa shape index (κ3) is 6.32. The van der Waals surface area contributed by atoms with Gasteiger partial charge >= 0.3 is 6.09 Å². The van der Waals surface area contributed by atoms with Gasteiger partial charge in [-0.1, -0.05) is 0 Å². The molecule has 7 heteroatoms. The zero-order valence-corrected chi connectivity index (χ0v) is 19.0. The molecule has 1 aromatic carbocycles. The highest BCUT2D eigenvalue weighted by Gasteiger charge is 2.27. The standard InChI is InChI=1S/C24H31FN2O4/c1-15-18-9-10-26-13-20(18)19-8-7-17(11-21(19)30-15)29-14-16(12-24(5,6)25)27-22(28)31-23(2,3)4/h7-11,13,15-16H,12,14H2,1-6H3,(H,27,28). The summed E-state index contributed by atoms with van der Waals surface area (Å²) in [6.07, 6.45) is 2.97. The highest BCUT2D eigenvalue weighted by atomic mass is 19.1. The molecule has 2 unspecified atom stereocenters. The van der Waals surface area contributed by atoms with Crippen molar-refractivity contribution in [3.05, 3.63) is 42.2 Å². The SMILES string of the molecule is CC1Oc2cc(OCC(CC(C)(C)F)NC(=O)OC(C)(C)C)ccc2-c2cnccc21. The van der Waals surface area contributed by atoms with E-state index in [2.05, 4.69) is 10.3 Å². The molecule has 1 N–H and O–H groups in total. The van der Waals surface area contributed by atoms with Gasteiger partial charge in [-0.25, -0.2) is 9.18 Å². The van der Waals surface area contributed by atoms with Gasteiger partial charge in [0, 0.05) is 41.6 Å². The summed E-state index contributed by atoms with van der Waals surface area (Å²) < 4.78 is 31.5. The monoisotopic (exact) mass is 430 g/mol. The van der Waals surface area contributed by atoms with Crippen LogP contribution in [-0.4, -0.2) is 35.0 Å². The van der Waals surface area contributed by atoms with Crippen molar-refractivity contribution < 1.29 is 23.4 Å². The molecule has 0 fully saturated rings. The molecule has 31 heavy (non-hydrogen) atoms. The highest BCUT2D eigenvalue weighted by Crippen LogP contribution is 2.43. The van der Waals surface area contributed by atoms with Crippen molar-refractivity contribution >= 4 is 6.09 Å². The Labute approximate surface area is 183 Å². The van der Waals surface area contributed by atoms with Crippen LogP contribution in [0.3, 0.4) is 0 Å². The molecule has 0 spiro atoms. The fraction of sp³-hybridized carbons (Fsp3) is 0.500. The number of nitrogens with zero attached hydrogens (tertiary/aromatic N) is 1. The molecule has 1 aliphatic heterocycles. The van der Waals surface area contributed by atoms with Crippen molar-refractivity contribution in [3.8, 4) is 22.6 Å². The van der Waals surface area contributed by atoms with Gasteiger partial charge in [-0.3, -0.25) is 4.98 Å². The topological polar surface area (TPSA) is 69.7 Å². The number of benzene rings is 1. The van der Waals surface area contributed by atoms with Crippen molar-refractivity contribution in [1.82, 2.24) is 10.3 Å². The molecule has 3 rings (SSSR count). The first kappa shape index (κ1) is 22.8. The zero-order valence-electron chi connectivity index (χ0n) is 19.0. The lowest BCUT2D eigenvalue weighted by molar-refractivity contribution is 0.0459. The Balaban J connectivity index is 1.72. The van der Waals surface area contributed by atoms with Crippen LogP contribution < -0.4 is 14.8 Å². The number of nitrogens with one attached hydrogen (secondary N) is 1. The van der Waals surface area contributed by atoms with E-state index in [9.17, 15) is 9.18 Å². The van der Waals surface area contributed by atoms with Crippen LogP contribution in [0.5, 0.6) is 11.5 Å². The predicted octanol–water partition coefficient (Wildman–Crippen LogP) is 5.61. The van der Waals surface area contributed by atoms with Gasteiger partial charge in [-0.05, 0) is 59.7 Å². The van der Waals surface area contributed by atoms with Gasteiger partial charge in [-0.2, -0.15) is 0 Å². The van der Waals surface area contributed by atoms with Crippen LogP contribution in [0.4, 0.5) is 9.18 Å². The van der Waals surface area contributed by atoms with Crippen LogP contribution in [0.1, 0.15) is 59.6 Å². The molecule has 2 heterocycles. The maximum absolute atomic E-state index is 14.3. The number of carbonyl (C=O) groups is 1. The number of fused-ring (bicyclic) bond motifs is 3. The van der Waals surface area contributed by atoms with Gasteiger partial charge in [-0.15, -0.1) is 0 Å². The van der Waals surface area contributed by atoms with E-state index in [0.717, 1.165) is 16.7 Å². The summed E-state index contributed by atoms with van der Waals surface area (Å²) in [7, 11) is 0. The first-order chi connectivity index (χ1) is 14.4. The van der Waals surface area contributed by atoms with E-state index in [1.807, 2.05) is 37.4 Å². The van der Waals surface area contributed by atoms with Crippen LogP contribution in [0.15, 0.2) is 36.7 Å². The Morgan fingerprint density at radius 1 is 1.23 bits per heavy atom. The summed E-state index contributed by atoms with van der Waals surface area (Å²) in [5, 5.41) is 2.72. The molecule has 0 radical (unpaired) electrons. The van der Waals surface area contributed by atoms with Crippen molar-refractivity contribution in [1.29, 1.82) is 0 Å². The number of ether oxygens (including phenoxy) is 3. The number of carbonyl (C=O) groups excluding carboxylic acids is 1. The quantitative estimate of drug-likeness (QED) is 0.645. The lowest BCUT2D eigenvalue weighted by Crippen LogP contribution is -2.44. The number of pyridine rings is 1. The Bertz CT molecular complexity index is 934. The smallest absolute Gasteiger partial charge is 0.407 e. The number of halogens is 1. The molecule has 2 atom stereocenters. The third-order valence-corrected chi connectivity index (χ3v) is 4.74. The Hall–Kier alpha value is -2.83. The van der Waals surface area contributed by atoms with E-state index in [4.69, 9.17) is 14.2 Å². The fourth-order valence-corrected chi connectivity index (χ4v) is 3.56. The largest absolute Gasteiger partial charge is 0.491 e. The van der Waals surface area contributed by atoms with E-state index in [1.165, 1.54) is 13.8 Å².